The zero-order chi connectivity index (χ0) is 15.1. The fraction of sp³-hybridized carbons (Fsp3) is 0.529. The first-order valence-corrected chi connectivity index (χ1v) is 8.08. The summed E-state index contributed by atoms with van der Waals surface area (Å²) in [6.07, 6.45) is 17.7. The molecule has 3 aliphatic carbocycles. The van der Waals surface area contributed by atoms with Gasteiger partial charge in [-0.1, -0.05) is 49.3 Å². The molecule has 3 heterocycles. The van der Waals surface area contributed by atoms with Crippen LogP contribution in [0.15, 0.2) is 46.0 Å². The van der Waals surface area contributed by atoms with Gasteiger partial charge >= 0.3 is 11.4 Å². The summed E-state index contributed by atoms with van der Waals surface area (Å²) >= 11 is 0. The number of aromatic nitrogens is 3. The third-order valence-electron chi connectivity index (χ3n) is 6.45. The quantitative estimate of drug-likeness (QED) is 0.684. The molecule has 2 aliphatic heterocycles. The highest BCUT2D eigenvalue weighted by Gasteiger charge is 2.64. The molecule has 5 heteroatoms. The first-order valence-electron chi connectivity index (χ1n) is 8.08. The Morgan fingerprint density at radius 3 is 1.82 bits per heavy atom. The predicted octanol–water partition coefficient (Wildman–Crippen LogP) is 1.69. The zero-order valence-corrected chi connectivity index (χ0v) is 12.6. The number of hydrogen-bond donors (Lipinski definition) is 0. The Labute approximate surface area is 127 Å². The molecule has 6 rings (SSSR count). The Bertz CT molecular complexity index is 811. The van der Waals surface area contributed by atoms with Crippen molar-refractivity contribution in [2.45, 2.75) is 37.8 Å². The first kappa shape index (κ1) is 12.5. The van der Waals surface area contributed by atoms with Crippen molar-refractivity contribution < 1.29 is 0 Å². The molecule has 1 aromatic heterocycles. The lowest BCUT2D eigenvalue weighted by Crippen LogP contribution is -2.62. The van der Waals surface area contributed by atoms with Gasteiger partial charge in [0.2, 0.25) is 0 Å². The van der Waals surface area contributed by atoms with Crippen molar-refractivity contribution in [1.29, 1.82) is 0 Å². The van der Waals surface area contributed by atoms with Gasteiger partial charge in [0.1, 0.15) is 0 Å². The molecule has 0 spiro atoms. The van der Waals surface area contributed by atoms with Crippen molar-refractivity contribution in [3.8, 4) is 0 Å². The summed E-state index contributed by atoms with van der Waals surface area (Å²) in [6, 6.07) is -0.110. The molecule has 2 bridgehead atoms. The van der Waals surface area contributed by atoms with E-state index in [2.05, 4.69) is 36.5 Å². The van der Waals surface area contributed by atoms with Gasteiger partial charge in [-0.15, -0.1) is 0 Å². The molecule has 0 radical (unpaired) electrons. The van der Waals surface area contributed by atoms with Gasteiger partial charge in [0, 0.05) is 17.9 Å². The molecule has 4 atom stereocenters. The average molecular weight is 297 g/mol. The normalized spacial score (nSPS) is 40.4. The van der Waals surface area contributed by atoms with Gasteiger partial charge in [-0.25, -0.2) is 23.5 Å². The molecule has 22 heavy (non-hydrogen) atoms. The fourth-order valence-electron chi connectivity index (χ4n) is 5.51. The first-order chi connectivity index (χ1) is 10.6. The molecule has 0 saturated heterocycles. The summed E-state index contributed by atoms with van der Waals surface area (Å²) in [6.45, 7) is 0. The molecule has 5 aliphatic rings. The highest BCUT2D eigenvalue weighted by atomic mass is 16.2. The van der Waals surface area contributed by atoms with Crippen LogP contribution in [0.2, 0.25) is 0 Å². The molecule has 0 aromatic carbocycles. The summed E-state index contributed by atoms with van der Waals surface area (Å²) in [5.74, 6) is 0. The number of nitrogens with zero attached hydrogens (tertiary/aromatic N) is 3. The third-order valence-corrected chi connectivity index (χ3v) is 6.45. The van der Waals surface area contributed by atoms with E-state index in [4.69, 9.17) is 0 Å². The molecular formula is C17H19N3O2. The van der Waals surface area contributed by atoms with Gasteiger partial charge in [-0.05, 0) is 12.8 Å². The van der Waals surface area contributed by atoms with Crippen molar-refractivity contribution in [2.75, 3.05) is 0 Å². The van der Waals surface area contributed by atoms with Crippen molar-refractivity contribution in [3.05, 3.63) is 57.4 Å². The maximum atomic E-state index is 12.6. The van der Waals surface area contributed by atoms with Crippen LogP contribution in [0.4, 0.5) is 0 Å². The Hall–Kier alpha value is -2.04. The van der Waals surface area contributed by atoms with Crippen LogP contribution >= 0.6 is 0 Å². The second-order valence-corrected chi connectivity index (χ2v) is 7.09. The number of rotatable bonds is 0. The minimum Gasteiger partial charge on any atom is -0.246 e. The molecule has 1 fully saturated rings. The largest absolute Gasteiger partial charge is 0.347 e. The van der Waals surface area contributed by atoms with Gasteiger partial charge in [-0.3, -0.25) is 0 Å². The van der Waals surface area contributed by atoms with Crippen molar-refractivity contribution in [3.63, 3.8) is 0 Å². The van der Waals surface area contributed by atoms with E-state index in [0.717, 1.165) is 12.8 Å². The van der Waals surface area contributed by atoms with Gasteiger partial charge < -0.3 is 0 Å². The molecule has 114 valence electrons. The minimum absolute atomic E-state index is 0.0552. The lowest BCUT2D eigenvalue weighted by molar-refractivity contribution is -0.0583. The van der Waals surface area contributed by atoms with Gasteiger partial charge in [0.05, 0.1) is 12.1 Å². The second-order valence-electron chi connectivity index (χ2n) is 7.09. The van der Waals surface area contributed by atoms with Crippen LogP contribution in [-0.4, -0.2) is 13.9 Å². The van der Waals surface area contributed by atoms with E-state index in [-0.39, 0.29) is 34.3 Å². The van der Waals surface area contributed by atoms with E-state index in [1.165, 1.54) is 17.4 Å². The molecule has 5 nitrogen and oxygen atoms in total. The van der Waals surface area contributed by atoms with E-state index >= 15 is 0 Å². The Kier molecular flexibility index (Phi) is 2.07. The Balaban J connectivity index is 1.92. The molecule has 1 saturated carbocycles. The van der Waals surface area contributed by atoms with E-state index in [1.54, 1.807) is 16.4 Å². The topological polar surface area (TPSA) is 48.9 Å². The second kappa shape index (κ2) is 3.65. The maximum Gasteiger partial charge on any atom is 0.347 e. The molecule has 1 aromatic rings. The van der Waals surface area contributed by atoms with Gasteiger partial charge in [-0.2, -0.15) is 0 Å². The number of allylic oxidation sites excluding steroid dienone is 6. The maximum absolute atomic E-state index is 12.6. The van der Waals surface area contributed by atoms with E-state index in [1.807, 2.05) is 0 Å². The van der Waals surface area contributed by atoms with Crippen LogP contribution in [-0.2, 0) is 7.05 Å². The summed E-state index contributed by atoms with van der Waals surface area (Å²) in [7, 11) is 1.58. The van der Waals surface area contributed by atoms with Crippen LogP contribution in [0.1, 0.15) is 37.8 Å². The van der Waals surface area contributed by atoms with Crippen molar-refractivity contribution >= 4 is 0 Å². The Morgan fingerprint density at radius 1 is 0.909 bits per heavy atom. The third kappa shape index (κ3) is 1.06. The highest BCUT2D eigenvalue weighted by molar-refractivity contribution is 5.38. The SMILES string of the molecule is Cn1c(=O)n2n(c1=O)[C@H]1C=C[C@H]2[C@@]23C=CC=C[C@]12CCCC3. The fourth-order valence-corrected chi connectivity index (χ4v) is 5.51. The van der Waals surface area contributed by atoms with Gasteiger partial charge in [0.25, 0.3) is 0 Å². The molecule has 0 amide bonds. The monoisotopic (exact) mass is 297 g/mol. The van der Waals surface area contributed by atoms with Crippen LogP contribution in [0.25, 0.3) is 0 Å². The zero-order valence-electron chi connectivity index (χ0n) is 12.6. The van der Waals surface area contributed by atoms with Crippen LogP contribution < -0.4 is 11.4 Å². The van der Waals surface area contributed by atoms with Crippen LogP contribution in [0.3, 0.4) is 0 Å². The highest BCUT2D eigenvalue weighted by Crippen LogP contribution is 2.68. The minimum atomic E-state index is -0.194. The van der Waals surface area contributed by atoms with Gasteiger partial charge in [0.15, 0.2) is 0 Å². The summed E-state index contributed by atoms with van der Waals surface area (Å²) in [5, 5.41) is 0. The van der Waals surface area contributed by atoms with E-state index in [9.17, 15) is 9.59 Å². The van der Waals surface area contributed by atoms with E-state index < -0.39 is 0 Å². The van der Waals surface area contributed by atoms with Crippen LogP contribution in [0, 0.1) is 10.8 Å². The molecular weight excluding hydrogens is 278 g/mol. The average Bonchev–Trinajstić information content (AvgIpc) is 2.80. The Morgan fingerprint density at radius 2 is 1.36 bits per heavy atom. The summed E-state index contributed by atoms with van der Waals surface area (Å²) in [5.41, 5.74) is -0.504. The lowest BCUT2D eigenvalue weighted by Gasteiger charge is -2.63. The predicted molar refractivity (Wildman–Crippen MR) is 82.8 cm³/mol. The van der Waals surface area contributed by atoms with Crippen molar-refractivity contribution in [2.24, 2.45) is 17.9 Å². The summed E-state index contributed by atoms with van der Waals surface area (Å²) in [4.78, 5) is 25.2. The van der Waals surface area contributed by atoms with Crippen molar-refractivity contribution in [1.82, 2.24) is 13.9 Å². The standard InChI is InChI=1S/C17H19N3O2/c1-18-14(21)19-12-6-7-13(20(19)15(18)22)17-9-3-2-8-16(12,17)10-4-5-11-17/h2-3,6-9,12-13H,4-5,10-11H2,1H3/t12-,13-,16-,17-/m0/s1. The number of hydrogen-bond acceptors (Lipinski definition) is 2. The molecule has 0 N–H and O–H groups in total. The smallest absolute Gasteiger partial charge is 0.246 e. The van der Waals surface area contributed by atoms with Crippen LogP contribution in [0.5, 0.6) is 0 Å². The summed E-state index contributed by atoms with van der Waals surface area (Å²) < 4.78 is 4.66. The molecule has 0 unspecified atom stereocenters. The van der Waals surface area contributed by atoms with E-state index in [0.29, 0.717) is 0 Å². The lowest BCUT2D eigenvalue weighted by atomic mass is 9.46.